The minimum atomic E-state index is -4.09. The molecule has 0 aliphatic rings. The number of fused-ring (bicyclic) bond motifs is 1. The molecule has 28 heavy (non-hydrogen) atoms. The van der Waals surface area contributed by atoms with E-state index in [2.05, 4.69) is 4.98 Å². The Bertz CT molecular complexity index is 1300. The summed E-state index contributed by atoms with van der Waals surface area (Å²) in [6, 6.07) is 13.6. The van der Waals surface area contributed by atoms with Gasteiger partial charge in [-0.2, -0.15) is 0 Å². The molecule has 3 nitrogen and oxygen atoms in total. The maximum Gasteiger partial charge on any atom is 0.208 e. The van der Waals surface area contributed by atoms with E-state index in [1.165, 1.54) is 36.4 Å². The van der Waals surface area contributed by atoms with Crippen molar-refractivity contribution in [2.24, 2.45) is 0 Å². The first-order valence-electron chi connectivity index (χ1n) is 8.21. The van der Waals surface area contributed by atoms with Crippen molar-refractivity contribution >= 4 is 20.7 Å². The number of sulfone groups is 1. The van der Waals surface area contributed by atoms with E-state index in [9.17, 15) is 21.6 Å². The monoisotopic (exact) mass is 399 g/mol. The fourth-order valence-electron chi connectivity index (χ4n) is 3.03. The van der Waals surface area contributed by atoms with Gasteiger partial charge >= 0.3 is 0 Å². The fraction of sp³-hybridized carbons (Fsp3) is 0. The normalized spacial score (nSPS) is 11.7. The zero-order valence-corrected chi connectivity index (χ0v) is 15.1. The zero-order valence-electron chi connectivity index (χ0n) is 14.2. The Morgan fingerprint density at radius 3 is 2.14 bits per heavy atom. The maximum absolute atomic E-state index is 13.8. The molecule has 0 spiro atoms. The summed E-state index contributed by atoms with van der Waals surface area (Å²) >= 11 is 0. The lowest BCUT2D eigenvalue weighted by atomic mass is 10.0. The molecule has 4 rings (SSSR count). The van der Waals surface area contributed by atoms with Crippen LogP contribution in [0, 0.1) is 17.5 Å². The van der Waals surface area contributed by atoms with Crippen LogP contribution in [0.1, 0.15) is 0 Å². The molecular weight excluding hydrogens is 387 g/mol. The van der Waals surface area contributed by atoms with Crippen LogP contribution in [0.3, 0.4) is 0 Å². The van der Waals surface area contributed by atoms with Gasteiger partial charge < -0.3 is 0 Å². The van der Waals surface area contributed by atoms with Gasteiger partial charge in [0.1, 0.15) is 17.5 Å². The molecule has 1 aromatic heterocycles. The van der Waals surface area contributed by atoms with Crippen LogP contribution in [0.15, 0.2) is 82.7 Å². The van der Waals surface area contributed by atoms with Crippen LogP contribution < -0.4 is 0 Å². The van der Waals surface area contributed by atoms with Gasteiger partial charge in [0.15, 0.2) is 0 Å². The average Bonchev–Trinajstić information content (AvgIpc) is 2.67. The zero-order chi connectivity index (χ0) is 19.9. The Balaban J connectivity index is 2.07. The van der Waals surface area contributed by atoms with E-state index < -0.39 is 27.3 Å². The number of halogens is 3. The molecular formula is C21H12F3NO2S. The largest absolute Gasteiger partial charge is 0.255 e. The molecule has 3 aromatic carbocycles. The van der Waals surface area contributed by atoms with Crippen LogP contribution in [0.25, 0.3) is 22.0 Å². The van der Waals surface area contributed by atoms with Crippen LogP contribution in [-0.4, -0.2) is 13.4 Å². The highest BCUT2D eigenvalue weighted by Crippen LogP contribution is 2.36. The summed E-state index contributed by atoms with van der Waals surface area (Å²) < 4.78 is 67.1. The molecule has 0 atom stereocenters. The van der Waals surface area contributed by atoms with Gasteiger partial charge in [-0.05, 0) is 54.1 Å². The molecule has 0 aliphatic carbocycles. The minimum absolute atomic E-state index is 0.130. The molecule has 0 saturated carbocycles. The second kappa shape index (κ2) is 6.76. The van der Waals surface area contributed by atoms with Gasteiger partial charge in [0.05, 0.1) is 15.3 Å². The molecule has 140 valence electrons. The number of hydrogen-bond acceptors (Lipinski definition) is 3. The van der Waals surface area contributed by atoms with Gasteiger partial charge in [-0.3, -0.25) is 4.98 Å². The van der Waals surface area contributed by atoms with Crippen molar-refractivity contribution in [1.29, 1.82) is 0 Å². The molecule has 0 bridgehead atoms. The Kier molecular flexibility index (Phi) is 4.39. The van der Waals surface area contributed by atoms with Gasteiger partial charge in [-0.15, -0.1) is 0 Å². The first-order chi connectivity index (χ1) is 13.4. The van der Waals surface area contributed by atoms with E-state index in [0.717, 1.165) is 30.5 Å². The summed E-state index contributed by atoms with van der Waals surface area (Å²) in [7, 11) is -4.09. The second-order valence-corrected chi connectivity index (χ2v) is 8.04. The molecule has 0 N–H and O–H groups in total. The highest BCUT2D eigenvalue weighted by atomic mass is 32.2. The van der Waals surface area contributed by atoms with E-state index in [0.29, 0.717) is 10.9 Å². The van der Waals surface area contributed by atoms with E-state index in [-0.39, 0.29) is 20.9 Å². The van der Waals surface area contributed by atoms with Crippen molar-refractivity contribution in [3.8, 4) is 11.1 Å². The lowest BCUT2D eigenvalue weighted by molar-refractivity contribution is 0.594. The third-order valence-corrected chi connectivity index (χ3v) is 6.10. The van der Waals surface area contributed by atoms with Gasteiger partial charge in [-0.25, -0.2) is 21.6 Å². The molecule has 0 radical (unpaired) electrons. The van der Waals surface area contributed by atoms with Gasteiger partial charge in [0, 0.05) is 23.2 Å². The molecule has 0 amide bonds. The second-order valence-electron chi connectivity index (χ2n) is 6.13. The Hall–Kier alpha value is -3.19. The molecule has 0 saturated heterocycles. The SMILES string of the molecule is O=S(=O)(c1ccc(F)cc1)c1cnc2cc(F)ccc2c1-c1cccc(F)c1. The third-order valence-electron chi connectivity index (χ3n) is 4.32. The Labute approximate surface area is 159 Å². The first kappa shape index (κ1) is 18.2. The molecule has 0 fully saturated rings. The number of hydrogen-bond donors (Lipinski definition) is 0. The fourth-order valence-corrected chi connectivity index (χ4v) is 4.47. The van der Waals surface area contributed by atoms with Gasteiger partial charge in [0.25, 0.3) is 0 Å². The Morgan fingerprint density at radius 2 is 1.43 bits per heavy atom. The topological polar surface area (TPSA) is 47.0 Å². The summed E-state index contributed by atoms with van der Waals surface area (Å²) in [6.45, 7) is 0. The van der Waals surface area contributed by atoms with Crippen LogP contribution in [0.4, 0.5) is 13.2 Å². The van der Waals surface area contributed by atoms with Gasteiger partial charge in [-0.1, -0.05) is 12.1 Å². The lowest BCUT2D eigenvalue weighted by Gasteiger charge is -2.14. The van der Waals surface area contributed by atoms with Crippen LogP contribution in [0.2, 0.25) is 0 Å². The average molecular weight is 399 g/mol. The Morgan fingerprint density at radius 1 is 0.750 bits per heavy atom. The number of aromatic nitrogens is 1. The molecule has 0 unspecified atom stereocenters. The summed E-state index contributed by atoms with van der Waals surface area (Å²) in [4.78, 5) is 3.77. The van der Waals surface area contributed by atoms with Crippen molar-refractivity contribution in [1.82, 2.24) is 4.98 Å². The molecule has 0 aliphatic heterocycles. The van der Waals surface area contributed by atoms with Crippen LogP contribution >= 0.6 is 0 Å². The highest BCUT2D eigenvalue weighted by molar-refractivity contribution is 7.91. The predicted molar refractivity (Wildman–Crippen MR) is 98.9 cm³/mol. The van der Waals surface area contributed by atoms with Crippen LogP contribution in [0.5, 0.6) is 0 Å². The summed E-state index contributed by atoms with van der Waals surface area (Å²) in [5, 5.41) is 0.357. The smallest absolute Gasteiger partial charge is 0.208 e. The quantitative estimate of drug-likeness (QED) is 0.448. The summed E-state index contributed by atoms with van der Waals surface area (Å²) in [6.07, 6.45) is 1.11. The number of nitrogens with zero attached hydrogens (tertiary/aromatic N) is 1. The molecule has 1 heterocycles. The van der Waals surface area contributed by atoms with Crippen LogP contribution in [-0.2, 0) is 9.84 Å². The summed E-state index contributed by atoms with van der Waals surface area (Å²) in [5.74, 6) is -1.65. The number of pyridine rings is 1. The van der Waals surface area contributed by atoms with Crippen molar-refractivity contribution in [3.63, 3.8) is 0 Å². The number of rotatable bonds is 3. The lowest BCUT2D eigenvalue weighted by Crippen LogP contribution is -2.06. The van der Waals surface area contributed by atoms with E-state index in [4.69, 9.17) is 0 Å². The first-order valence-corrected chi connectivity index (χ1v) is 9.69. The van der Waals surface area contributed by atoms with Crippen molar-refractivity contribution in [2.75, 3.05) is 0 Å². The highest BCUT2D eigenvalue weighted by Gasteiger charge is 2.25. The van der Waals surface area contributed by atoms with Crippen molar-refractivity contribution in [2.45, 2.75) is 9.79 Å². The minimum Gasteiger partial charge on any atom is -0.255 e. The third kappa shape index (κ3) is 3.14. The van der Waals surface area contributed by atoms with Crippen molar-refractivity contribution < 1.29 is 21.6 Å². The van der Waals surface area contributed by atoms with E-state index >= 15 is 0 Å². The van der Waals surface area contributed by atoms with Gasteiger partial charge in [0.2, 0.25) is 9.84 Å². The maximum atomic E-state index is 13.8. The predicted octanol–water partition coefficient (Wildman–Crippen LogP) is 5.15. The standard InChI is InChI=1S/C21H12F3NO2S/c22-14-4-7-17(8-5-14)28(26,27)20-12-25-19-11-16(24)6-9-18(19)21(20)13-2-1-3-15(23)10-13/h1-12H. The van der Waals surface area contributed by atoms with E-state index in [1.807, 2.05) is 0 Å². The number of benzene rings is 3. The van der Waals surface area contributed by atoms with Crippen molar-refractivity contribution in [3.05, 3.63) is 90.4 Å². The molecule has 7 heteroatoms. The summed E-state index contributed by atoms with van der Waals surface area (Å²) in [5.41, 5.74) is 0.742. The van der Waals surface area contributed by atoms with E-state index in [1.54, 1.807) is 6.07 Å². The molecule has 4 aromatic rings.